The van der Waals surface area contributed by atoms with Crippen LogP contribution in [0, 0.1) is 0 Å². The first-order valence-electron chi connectivity index (χ1n) is 8.13. The van der Waals surface area contributed by atoms with Crippen LogP contribution < -0.4 is 10.6 Å². The van der Waals surface area contributed by atoms with Crippen LogP contribution in [-0.2, 0) is 10.3 Å². The quantitative estimate of drug-likeness (QED) is 0.732. The summed E-state index contributed by atoms with van der Waals surface area (Å²) in [5.41, 5.74) is 1.15. The molecule has 8 nitrogen and oxygen atoms in total. The van der Waals surface area contributed by atoms with Gasteiger partial charge in [0.1, 0.15) is 0 Å². The van der Waals surface area contributed by atoms with E-state index in [1.165, 1.54) is 6.20 Å². The van der Waals surface area contributed by atoms with E-state index in [4.69, 9.17) is 5.11 Å². The van der Waals surface area contributed by atoms with E-state index < -0.39 is 5.97 Å². The van der Waals surface area contributed by atoms with Crippen molar-refractivity contribution in [1.82, 2.24) is 15.1 Å². The van der Waals surface area contributed by atoms with Crippen LogP contribution in [0.1, 0.15) is 47.9 Å². The number of anilines is 1. The Balaban J connectivity index is 1.96. The normalized spacial score (nSPS) is 11.0. The number of hydrogen-bond acceptors (Lipinski definition) is 4. The maximum atomic E-state index is 12.3. The molecule has 138 valence electrons. The van der Waals surface area contributed by atoms with E-state index in [1.807, 2.05) is 20.8 Å². The number of amides is 2. The Morgan fingerprint density at radius 2 is 1.73 bits per heavy atom. The number of carboxylic acid groups (broad SMARTS) is 1. The molecule has 0 saturated carbocycles. The molecular weight excluding hydrogens is 336 g/mol. The predicted molar refractivity (Wildman–Crippen MR) is 96.2 cm³/mol. The van der Waals surface area contributed by atoms with E-state index in [0.717, 1.165) is 0 Å². The molecule has 2 aromatic rings. The Kier molecular flexibility index (Phi) is 5.76. The van der Waals surface area contributed by atoms with Gasteiger partial charge in [0.15, 0.2) is 0 Å². The zero-order chi connectivity index (χ0) is 19.3. The van der Waals surface area contributed by atoms with Crippen molar-refractivity contribution in [3.63, 3.8) is 0 Å². The highest BCUT2D eigenvalue weighted by Gasteiger charge is 2.17. The molecule has 8 heteroatoms. The van der Waals surface area contributed by atoms with Crippen LogP contribution in [0.2, 0.25) is 0 Å². The minimum absolute atomic E-state index is 0.0599. The zero-order valence-electron chi connectivity index (χ0n) is 14.9. The molecule has 0 saturated heterocycles. The summed E-state index contributed by atoms with van der Waals surface area (Å²) >= 11 is 0. The van der Waals surface area contributed by atoms with Gasteiger partial charge in [0.25, 0.3) is 11.8 Å². The van der Waals surface area contributed by atoms with E-state index in [0.29, 0.717) is 16.8 Å². The van der Waals surface area contributed by atoms with Gasteiger partial charge in [-0.15, -0.1) is 0 Å². The number of carbonyl (C=O) groups is 3. The Morgan fingerprint density at radius 1 is 1.08 bits per heavy atom. The van der Waals surface area contributed by atoms with E-state index in [1.54, 1.807) is 35.1 Å². The average molecular weight is 358 g/mol. The van der Waals surface area contributed by atoms with Crippen molar-refractivity contribution in [3.8, 4) is 0 Å². The first-order chi connectivity index (χ1) is 12.2. The molecule has 2 rings (SSSR count). The molecule has 0 atom stereocenters. The van der Waals surface area contributed by atoms with Gasteiger partial charge in [-0.3, -0.25) is 19.1 Å². The maximum Gasteiger partial charge on any atom is 0.305 e. The monoisotopic (exact) mass is 358 g/mol. The predicted octanol–water partition coefficient (Wildman–Crippen LogP) is 2.09. The largest absolute Gasteiger partial charge is 0.481 e. The molecular formula is C18H22N4O4. The fraction of sp³-hybridized carbons (Fsp3) is 0.333. The van der Waals surface area contributed by atoms with Crippen LogP contribution in [0.4, 0.5) is 5.69 Å². The Hall–Kier alpha value is -3.16. The van der Waals surface area contributed by atoms with Crippen molar-refractivity contribution in [1.29, 1.82) is 0 Å². The SMILES string of the molecule is CC(C)(C)n1cc(C(=O)Nc2ccc(C(=O)NCCC(=O)O)cc2)cn1. The molecule has 0 bridgehead atoms. The molecule has 1 heterocycles. The highest BCUT2D eigenvalue weighted by atomic mass is 16.4. The van der Waals surface area contributed by atoms with Crippen molar-refractivity contribution in [2.45, 2.75) is 32.7 Å². The minimum Gasteiger partial charge on any atom is -0.481 e. The summed E-state index contributed by atoms with van der Waals surface area (Å²) in [5, 5.41) is 18.0. The summed E-state index contributed by atoms with van der Waals surface area (Å²) in [4.78, 5) is 34.6. The molecule has 0 aliphatic heterocycles. The highest BCUT2D eigenvalue weighted by Crippen LogP contribution is 2.15. The molecule has 0 fully saturated rings. The Bertz CT molecular complexity index is 803. The third-order valence-electron chi connectivity index (χ3n) is 3.56. The first kappa shape index (κ1) is 19.2. The molecule has 0 aliphatic rings. The third-order valence-corrected chi connectivity index (χ3v) is 3.56. The Labute approximate surface area is 151 Å². The van der Waals surface area contributed by atoms with Gasteiger partial charge in [-0.2, -0.15) is 5.10 Å². The second kappa shape index (κ2) is 7.81. The number of benzene rings is 1. The summed E-state index contributed by atoms with van der Waals surface area (Å²) in [6.07, 6.45) is 3.05. The van der Waals surface area contributed by atoms with E-state index >= 15 is 0 Å². The van der Waals surface area contributed by atoms with Gasteiger partial charge in [0.05, 0.1) is 23.7 Å². The standard InChI is InChI=1S/C18H22N4O4/c1-18(2,3)22-11-13(10-20-22)17(26)21-14-6-4-12(5-7-14)16(25)19-9-8-15(23)24/h4-7,10-11H,8-9H2,1-3H3,(H,19,25)(H,21,26)(H,23,24). The highest BCUT2D eigenvalue weighted by molar-refractivity contribution is 6.04. The molecule has 1 aromatic heterocycles. The van der Waals surface area contributed by atoms with Crippen molar-refractivity contribution >= 4 is 23.5 Å². The molecule has 2 amide bonds. The van der Waals surface area contributed by atoms with Crippen molar-refractivity contribution in [2.75, 3.05) is 11.9 Å². The molecule has 1 aromatic carbocycles. The van der Waals surface area contributed by atoms with Gasteiger partial charge < -0.3 is 15.7 Å². The summed E-state index contributed by atoms with van der Waals surface area (Å²) < 4.78 is 1.71. The molecule has 26 heavy (non-hydrogen) atoms. The lowest BCUT2D eigenvalue weighted by molar-refractivity contribution is -0.136. The number of nitrogens with zero attached hydrogens (tertiary/aromatic N) is 2. The fourth-order valence-electron chi connectivity index (χ4n) is 2.10. The number of aliphatic carboxylic acids is 1. The van der Waals surface area contributed by atoms with E-state index in [9.17, 15) is 14.4 Å². The van der Waals surface area contributed by atoms with Crippen LogP contribution >= 0.6 is 0 Å². The van der Waals surface area contributed by atoms with Crippen LogP contribution in [0.15, 0.2) is 36.7 Å². The van der Waals surface area contributed by atoms with Gasteiger partial charge in [-0.05, 0) is 45.0 Å². The van der Waals surface area contributed by atoms with E-state index in [2.05, 4.69) is 15.7 Å². The van der Waals surface area contributed by atoms with Crippen LogP contribution in [0.3, 0.4) is 0 Å². The smallest absolute Gasteiger partial charge is 0.305 e. The van der Waals surface area contributed by atoms with Crippen molar-refractivity contribution in [2.24, 2.45) is 0 Å². The van der Waals surface area contributed by atoms with Gasteiger partial charge in [-0.1, -0.05) is 0 Å². The number of carboxylic acids is 1. The molecule has 0 unspecified atom stereocenters. The number of hydrogen-bond donors (Lipinski definition) is 3. The lowest BCUT2D eigenvalue weighted by Crippen LogP contribution is -2.25. The summed E-state index contributed by atoms with van der Waals surface area (Å²) in [7, 11) is 0. The summed E-state index contributed by atoms with van der Waals surface area (Å²) in [5.74, 6) is -1.63. The van der Waals surface area contributed by atoms with Crippen LogP contribution in [0.25, 0.3) is 0 Å². The lowest BCUT2D eigenvalue weighted by Gasteiger charge is -2.18. The summed E-state index contributed by atoms with van der Waals surface area (Å²) in [6.45, 7) is 6.02. The van der Waals surface area contributed by atoms with Gasteiger partial charge in [0, 0.05) is 24.0 Å². The molecule has 0 radical (unpaired) electrons. The topological polar surface area (TPSA) is 113 Å². The summed E-state index contributed by atoms with van der Waals surface area (Å²) in [6, 6.07) is 6.34. The second-order valence-corrected chi connectivity index (χ2v) is 6.78. The number of rotatable bonds is 6. The van der Waals surface area contributed by atoms with Crippen molar-refractivity contribution in [3.05, 3.63) is 47.8 Å². The fourth-order valence-corrected chi connectivity index (χ4v) is 2.10. The van der Waals surface area contributed by atoms with Gasteiger partial charge >= 0.3 is 5.97 Å². The maximum absolute atomic E-state index is 12.3. The molecule has 0 spiro atoms. The minimum atomic E-state index is -0.974. The average Bonchev–Trinajstić information content (AvgIpc) is 3.05. The zero-order valence-corrected chi connectivity index (χ0v) is 14.9. The van der Waals surface area contributed by atoms with Crippen LogP contribution in [-0.4, -0.2) is 39.2 Å². The number of carbonyl (C=O) groups excluding carboxylic acids is 2. The van der Waals surface area contributed by atoms with Gasteiger partial charge in [-0.25, -0.2) is 0 Å². The first-order valence-corrected chi connectivity index (χ1v) is 8.13. The number of aromatic nitrogens is 2. The Morgan fingerprint density at radius 3 is 2.27 bits per heavy atom. The molecule has 0 aliphatic carbocycles. The number of nitrogens with one attached hydrogen (secondary N) is 2. The third kappa shape index (κ3) is 5.17. The second-order valence-electron chi connectivity index (χ2n) is 6.78. The van der Waals surface area contributed by atoms with Gasteiger partial charge in [0.2, 0.25) is 0 Å². The van der Waals surface area contributed by atoms with Crippen LogP contribution in [0.5, 0.6) is 0 Å². The van der Waals surface area contributed by atoms with Crippen molar-refractivity contribution < 1.29 is 19.5 Å². The lowest BCUT2D eigenvalue weighted by atomic mass is 10.1. The molecule has 3 N–H and O–H groups in total. The van der Waals surface area contributed by atoms with E-state index in [-0.39, 0.29) is 30.3 Å².